The molecule has 1 N–H and O–H groups in total. The average Bonchev–Trinajstić information content (AvgIpc) is 2.70. The van der Waals surface area contributed by atoms with Crippen LogP contribution in [0.2, 0.25) is 0 Å². The first-order valence-electron chi connectivity index (χ1n) is 8.71. The Morgan fingerprint density at radius 2 is 1.63 bits per heavy atom. The van der Waals surface area contributed by atoms with Gasteiger partial charge in [0.2, 0.25) is 5.91 Å². The fourth-order valence-corrected chi connectivity index (χ4v) is 2.66. The minimum atomic E-state index is -0.285. The van der Waals surface area contributed by atoms with Crippen LogP contribution in [0.4, 0.5) is 0 Å². The van der Waals surface area contributed by atoms with Crippen molar-refractivity contribution >= 4 is 16.7 Å². The fourth-order valence-electron chi connectivity index (χ4n) is 2.66. The van der Waals surface area contributed by atoms with Gasteiger partial charge in [0.25, 0.3) is 0 Å². The molecule has 0 spiro atoms. The third-order valence-electron chi connectivity index (χ3n) is 3.97. The van der Waals surface area contributed by atoms with Crippen molar-refractivity contribution in [3.63, 3.8) is 0 Å². The Morgan fingerprint density at radius 3 is 2.41 bits per heavy atom. The maximum absolute atomic E-state index is 11.3. The standard InChI is InChI=1S/C22H20N2O3/c23-11-10-22(25)24-16-17-4-3-7-20(14-17)26-12-13-27-21-9-8-18-5-1-2-6-19(18)15-21/h1-9,14-15H,10,12-13,16H2,(H,24,25). The van der Waals surface area contributed by atoms with Gasteiger partial charge in [-0.25, -0.2) is 0 Å². The zero-order chi connectivity index (χ0) is 18.9. The predicted octanol–water partition coefficient (Wildman–Crippen LogP) is 3.83. The van der Waals surface area contributed by atoms with Crippen LogP contribution in [0.5, 0.6) is 11.5 Å². The zero-order valence-corrected chi connectivity index (χ0v) is 14.9. The van der Waals surface area contributed by atoms with Crippen molar-refractivity contribution in [2.45, 2.75) is 13.0 Å². The Morgan fingerprint density at radius 1 is 0.889 bits per heavy atom. The largest absolute Gasteiger partial charge is 0.490 e. The topological polar surface area (TPSA) is 71.4 Å². The van der Waals surface area contributed by atoms with Crippen molar-refractivity contribution < 1.29 is 14.3 Å². The number of hydrogen-bond donors (Lipinski definition) is 1. The summed E-state index contributed by atoms with van der Waals surface area (Å²) in [7, 11) is 0. The molecule has 0 aromatic heterocycles. The highest BCUT2D eigenvalue weighted by Gasteiger charge is 2.02. The highest BCUT2D eigenvalue weighted by atomic mass is 16.5. The molecule has 27 heavy (non-hydrogen) atoms. The van der Waals surface area contributed by atoms with Crippen molar-refractivity contribution in [2.75, 3.05) is 13.2 Å². The molecule has 5 heteroatoms. The van der Waals surface area contributed by atoms with Crippen LogP contribution in [0.1, 0.15) is 12.0 Å². The van der Waals surface area contributed by atoms with Gasteiger partial charge in [-0.2, -0.15) is 5.26 Å². The number of amides is 1. The number of nitrogens with zero attached hydrogens (tertiary/aromatic N) is 1. The highest BCUT2D eigenvalue weighted by Crippen LogP contribution is 2.20. The normalized spacial score (nSPS) is 10.2. The smallest absolute Gasteiger partial charge is 0.234 e. The lowest BCUT2D eigenvalue weighted by atomic mass is 10.1. The van der Waals surface area contributed by atoms with Gasteiger partial charge in [-0.15, -0.1) is 0 Å². The van der Waals surface area contributed by atoms with Gasteiger partial charge >= 0.3 is 0 Å². The number of carbonyl (C=O) groups is 1. The number of fused-ring (bicyclic) bond motifs is 1. The molecule has 0 aliphatic rings. The highest BCUT2D eigenvalue weighted by molar-refractivity contribution is 5.83. The summed E-state index contributed by atoms with van der Waals surface area (Å²) in [6.45, 7) is 1.21. The third-order valence-corrected chi connectivity index (χ3v) is 3.97. The van der Waals surface area contributed by atoms with Crippen molar-refractivity contribution in [1.29, 1.82) is 5.26 Å². The van der Waals surface area contributed by atoms with Gasteiger partial charge in [0, 0.05) is 6.54 Å². The lowest BCUT2D eigenvalue weighted by Gasteiger charge is -2.10. The molecule has 0 unspecified atom stereocenters. The van der Waals surface area contributed by atoms with Gasteiger partial charge in [0.15, 0.2) is 0 Å². The maximum Gasteiger partial charge on any atom is 0.234 e. The first-order chi connectivity index (χ1) is 13.2. The summed E-state index contributed by atoms with van der Waals surface area (Å²) in [5.74, 6) is 1.24. The number of nitrogens with one attached hydrogen (secondary N) is 1. The molecular weight excluding hydrogens is 340 g/mol. The van der Waals surface area contributed by atoms with E-state index in [4.69, 9.17) is 14.7 Å². The second-order valence-corrected chi connectivity index (χ2v) is 5.96. The number of carbonyl (C=O) groups excluding carboxylic acids is 1. The van der Waals surface area contributed by atoms with E-state index in [-0.39, 0.29) is 12.3 Å². The van der Waals surface area contributed by atoms with E-state index in [0.29, 0.717) is 25.5 Å². The van der Waals surface area contributed by atoms with Crippen molar-refractivity contribution in [3.8, 4) is 17.6 Å². The molecule has 0 saturated carbocycles. The second-order valence-electron chi connectivity index (χ2n) is 5.96. The predicted molar refractivity (Wildman–Crippen MR) is 103 cm³/mol. The van der Waals surface area contributed by atoms with Gasteiger partial charge in [0.05, 0.1) is 6.07 Å². The molecule has 0 radical (unpaired) electrons. The van der Waals surface area contributed by atoms with Gasteiger partial charge in [-0.05, 0) is 40.6 Å². The number of ether oxygens (including phenoxy) is 2. The molecular formula is C22H20N2O3. The van der Waals surface area contributed by atoms with Crippen LogP contribution in [0, 0.1) is 11.3 Å². The summed E-state index contributed by atoms with van der Waals surface area (Å²) in [4.78, 5) is 11.3. The fraction of sp³-hybridized carbons (Fsp3) is 0.182. The Labute approximate surface area is 158 Å². The van der Waals surface area contributed by atoms with Gasteiger partial charge in [-0.1, -0.05) is 42.5 Å². The van der Waals surface area contributed by atoms with Crippen LogP contribution in [0.3, 0.4) is 0 Å². The number of hydrogen-bond acceptors (Lipinski definition) is 4. The minimum Gasteiger partial charge on any atom is -0.490 e. The molecule has 0 atom stereocenters. The van der Waals surface area contributed by atoms with Crippen molar-refractivity contribution in [2.24, 2.45) is 0 Å². The molecule has 1 amide bonds. The van der Waals surface area contributed by atoms with E-state index in [2.05, 4.69) is 17.4 Å². The Bertz CT molecular complexity index is 963. The zero-order valence-electron chi connectivity index (χ0n) is 14.9. The van der Waals surface area contributed by atoms with Gasteiger partial charge in [0.1, 0.15) is 31.1 Å². The Balaban J connectivity index is 1.46. The van der Waals surface area contributed by atoms with Crippen molar-refractivity contribution in [3.05, 3.63) is 72.3 Å². The molecule has 3 aromatic carbocycles. The SMILES string of the molecule is N#CCC(=O)NCc1cccc(OCCOc2ccc3ccccc3c2)c1. The Kier molecular flexibility index (Phi) is 6.26. The quantitative estimate of drug-likeness (QED) is 0.620. The van der Waals surface area contributed by atoms with Crippen LogP contribution in [-0.2, 0) is 11.3 Å². The molecule has 3 rings (SSSR count). The summed E-state index contributed by atoms with van der Waals surface area (Å²) in [5.41, 5.74) is 0.911. The van der Waals surface area contributed by atoms with Crippen molar-refractivity contribution in [1.82, 2.24) is 5.32 Å². The molecule has 0 bridgehead atoms. The monoisotopic (exact) mass is 360 g/mol. The number of rotatable bonds is 8. The molecule has 136 valence electrons. The molecule has 0 saturated heterocycles. The maximum atomic E-state index is 11.3. The van der Waals surface area contributed by atoms with E-state index in [1.165, 1.54) is 5.39 Å². The number of nitriles is 1. The summed E-state index contributed by atoms with van der Waals surface area (Å²) in [6, 6.07) is 23.4. The van der Waals surface area contributed by atoms with E-state index in [0.717, 1.165) is 16.7 Å². The van der Waals surface area contributed by atoms with E-state index < -0.39 is 0 Å². The summed E-state index contributed by atoms with van der Waals surface area (Å²) < 4.78 is 11.5. The first kappa shape index (κ1) is 18.3. The van der Waals surface area contributed by atoms with E-state index in [1.54, 1.807) is 0 Å². The molecule has 0 aliphatic heterocycles. The Hall–Kier alpha value is -3.52. The van der Waals surface area contributed by atoms with Crippen LogP contribution in [0.25, 0.3) is 10.8 Å². The van der Waals surface area contributed by atoms with E-state index >= 15 is 0 Å². The molecule has 0 aliphatic carbocycles. The molecule has 0 fully saturated rings. The van der Waals surface area contributed by atoms with Gasteiger partial charge in [-0.3, -0.25) is 4.79 Å². The van der Waals surface area contributed by atoms with Crippen LogP contribution in [-0.4, -0.2) is 19.1 Å². The summed E-state index contributed by atoms with van der Waals surface area (Å²) in [6.07, 6.45) is -0.137. The average molecular weight is 360 g/mol. The van der Waals surface area contributed by atoms with Gasteiger partial charge < -0.3 is 14.8 Å². The summed E-state index contributed by atoms with van der Waals surface area (Å²) in [5, 5.41) is 13.5. The minimum absolute atomic E-state index is 0.137. The second kappa shape index (κ2) is 9.25. The number of benzene rings is 3. The van der Waals surface area contributed by atoms with E-state index in [1.807, 2.05) is 60.7 Å². The van der Waals surface area contributed by atoms with Crippen LogP contribution < -0.4 is 14.8 Å². The third kappa shape index (κ3) is 5.48. The first-order valence-corrected chi connectivity index (χ1v) is 8.71. The lowest BCUT2D eigenvalue weighted by molar-refractivity contribution is -0.120. The molecule has 5 nitrogen and oxygen atoms in total. The van der Waals surface area contributed by atoms with E-state index in [9.17, 15) is 4.79 Å². The lowest BCUT2D eigenvalue weighted by Crippen LogP contribution is -2.21. The van der Waals surface area contributed by atoms with Crippen LogP contribution in [0.15, 0.2) is 66.7 Å². The summed E-state index contributed by atoms with van der Waals surface area (Å²) >= 11 is 0. The molecule has 3 aromatic rings. The van der Waals surface area contributed by atoms with Crippen LogP contribution >= 0.6 is 0 Å². The molecule has 0 heterocycles.